The first-order valence-electron chi connectivity index (χ1n) is 20.7. The molecular formula is C42H53F2N9O4. The molecular weight excluding hydrogens is 733 g/mol. The molecule has 1 saturated carbocycles. The lowest BCUT2D eigenvalue weighted by atomic mass is 9.93. The minimum Gasteiger partial charge on any atom is -0.446 e. The standard InChI is InChI=1S/C42H53F2N9O4/c43-34-26-30(46-36-12-14-38(54)48-40(36)55)9-13-37(34)52-23-21-51(22-24-52)31-15-19-53(20-16-31)42(56)57-33-10-7-29(8-11-33)47-41-45-27-35(44)39(49-41)28-5-4-6-32(25-28)50-17-2-1-3-18-50/h4-6,9,13,25-27,29,31,33,36,46H,1-3,7-8,10-12,14-24H2,(H,45,47,49)(H,48,54,55)/t29-,33-,36?. The fraction of sp³-hybridized carbons (Fsp3) is 0.548. The van der Waals surface area contributed by atoms with E-state index < -0.39 is 11.9 Å². The number of aromatic nitrogens is 2. The van der Waals surface area contributed by atoms with E-state index in [4.69, 9.17) is 4.74 Å². The lowest BCUT2D eigenvalue weighted by molar-refractivity contribution is -0.133. The van der Waals surface area contributed by atoms with Crippen molar-refractivity contribution in [2.24, 2.45) is 0 Å². The smallest absolute Gasteiger partial charge is 0.410 e. The first kappa shape index (κ1) is 38.8. The van der Waals surface area contributed by atoms with Crippen LogP contribution < -0.4 is 25.8 Å². The van der Waals surface area contributed by atoms with Gasteiger partial charge in [0.05, 0.1) is 11.9 Å². The Bertz CT molecular complexity index is 1910. The van der Waals surface area contributed by atoms with Crippen molar-refractivity contribution in [2.75, 3.05) is 72.8 Å². The second-order valence-corrected chi connectivity index (χ2v) is 16.0. The van der Waals surface area contributed by atoms with E-state index in [9.17, 15) is 18.8 Å². The molecule has 4 saturated heterocycles. The zero-order valence-corrected chi connectivity index (χ0v) is 32.4. The number of carbonyl (C=O) groups is 3. The average Bonchev–Trinajstić information content (AvgIpc) is 3.24. The van der Waals surface area contributed by atoms with Crippen molar-refractivity contribution < 1.29 is 27.9 Å². The van der Waals surface area contributed by atoms with Crippen molar-refractivity contribution >= 4 is 40.9 Å². The van der Waals surface area contributed by atoms with Gasteiger partial charge in [-0.3, -0.25) is 19.8 Å². The van der Waals surface area contributed by atoms with Crippen LogP contribution in [0.15, 0.2) is 48.7 Å². The predicted molar refractivity (Wildman–Crippen MR) is 214 cm³/mol. The number of nitrogens with one attached hydrogen (secondary N) is 3. The number of likely N-dealkylation sites (tertiary alicyclic amines) is 1. The highest BCUT2D eigenvalue weighted by Crippen LogP contribution is 2.31. The third kappa shape index (κ3) is 9.40. The van der Waals surface area contributed by atoms with Gasteiger partial charge < -0.3 is 30.1 Å². The number of hydrogen-bond acceptors (Lipinski definition) is 11. The Kier molecular flexibility index (Phi) is 12.0. The molecule has 5 aliphatic rings. The number of anilines is 4. The number of piperidine rings is 3. The van der Waals surface area contributed by atoms with Crippen LogP contribution in [0.1, 0.15) is 70.6 Å². The van der Waals surface area contributed by atoms with Gasteiger partial charge in [-0.15, -0.1) is 0 Å². The lowest BCUT2D eigenvalue weighted by Gasteiger charge is -2.43. The molecule has 4 aliphatic heterocycles. The molecule has 57 heavy (non-hydrogen) atoms. The molecule has 8 rings (SSSR count). The molecule has 0 radical (unpaired) electrons. The summed E-state index contributed by atoms with van der Waals surface area (Å²) < 4.78 is 36.2. The van der Waals surface area contributed by atoms with E-state index in [1.807, 2.05) is 23.1 Å². The predicted octanol–water partition coefficient (Wildman–Crippen LogP) is 5.78. The summed E-state index contributed by atoms with van der Waals surface area (Å²) in [5.41, 5.74) is 3.17. The molecule has 0 spiro atoms. The Balaban J connectivity index is 0.750. The number of benzene rings is 2. The second-order valence-electron chi connectivity index (χ2n) is 16.0. The van der Waals surface area contributed by atoms with E-state index >= 15 is 4.39 Å². The van der Waals surface area contributed by atoms with Gasteiger partial charge in [0.25, 0.3) is 0 Å². The van der Waals surface area contributed by atoms with Crippen LogP contribution in [0.5, 0.6) is 0 Å². The van der Waals surface area contributed by atoms with Crippen molar-refractivity contribution in [3.8, 4) is 11.3 Å². The summed E-state index contributed by atoms with van der Waals surface area (Å²) in [5, 5.41) is 8.77. The quantitative estimate of drug-likeness (QED) is 0.228. The van der Waals surface area contributed by atoms with Crippen LogP contribution in [0.4, 0.5) is 36.6 Å². The highest BCUT2D eigenvalue weighted by atomic mass is 19.1. The number of ether oxygens (including phenoxy) is 1. The van der Waals surface area contributed by atoms with E-state index in [0.29, 0.717) is 61.7 Å². The Morgan fingerprint density at radius 2 is 1.56 bits per heavy atom. The van der Waals surface area contributed by atoms with Gasteiger partial charge >= 0.3 is 6.09 Å². The minimum absolute atomic E-state index is 0.104. The first-order chi connectivity index (χ1) is 27.8. The molecule has 304 valence electrons. The number of carbonyl (C=O) groups excluding carboxylic acids is 3. The third-order valence-electron chi connectivity index (χ3n) is 12.3. The van der Waals surface area contributed by atoms with Crippen LogP contribution in [0.25, 0.3) is 11.3 Å². The van der Waals surface area contributed by atoms with Crippen LogP contribution in [-0.2, 0) is 14.3 Å². The zero-order chi connectivity index (χ0) is 39.3. The van der Waals surface area contributed by atoms with Gasteiger partial charge in [-0.25, -0.2) is 23.5 Å². The number of halogens is 2. The van der Waals surface area contributed by atoms with E-state index in [1.165, 1.54) is 31.5 Å². The average molecular weight is 786 g/mol. The topological polar surface area (TPSA) is 135 Å². The van der Waals surface area contributed by atoms with Crippen molar-refractivity contribution in [1.82, 2.24) is 25.1 Å². The number of piperazine rings is 1. The van der Waals surface area contributed by atoms with E-state index in [1.54, 1.807) is 12.1 Å². The Morgan fingerprint density at radius 1 is 0.789 bits per heavy atom. The van der Waals surface area contributed by atoms with Crippen LogP contribution >= 0.6 is 0 Å². The molecule has 0 bridgehead atoms. The van der Waals surface area contributed by atoms with Crippen LogP contribution in [-0.4, -0.2) is 114 Å². The van der Waals surface area contributed by atoms with Crippen LogP contribution in [0.2, 0.25) is 0 Å². The molecule has 13 nitrogen and oxygen atoms in total. The van der Waals surface area contributed by atoms with Gasteiger partial charge in [-0.2, -0.15) is 0 Å². The molecule has 5 heterocycles. The fourth-order valence-corrected chi connectivity index (χ4v) is 8.99. The SMILES string of the molecule is O=C1CCC(Nc2ccc(N3CCN(C4CCN(C(=O)O[C@H]5CC[C@H](Nc6ncc(F)c(-c7cccc(N8CCCCC8)c7)n6)CC5)CC4)CC3)c(F)c2)C(=O)N1. The maximum atomic E-state index is 15.2. The third-order valence-corrected chi connectivity index (χ3v) is 12.3. The van der Waals surface area contributed by atoms with Gasteiger partial charge in [0, 0.05) is 87.8 Å². The van der Waals surface area contributed by atoms with Gasteiger partial charge in [-0.05, 0) is 94.5 Å². The molecule has 1 aromatic heterocycles. The van der Waals surface area contributed by atoms with Gasteiger partial charge in [0.1, 0.15) is 23.7 Å². The summed E-state index contributed by atoms with van der Waals surface area (Å²) in [6.07, 6.45) is 9.84. The summed E-state index contributed by atoms with van der Waals surface area (Å²) in [7, 11) is 0. The number of rotatable bonds is 9. The number of amides is 3. The Labute approximate surface area is 332 Å². The van der Waals surface area contributed by atoms with E-state index in [2.05, 4.69) is 46.7 Å². The van der Waals surface area contributed by atoms with E-state index in [0.717, 1.165) is 76.0 Å². The van der Waals surface area contributed by atoms with E-state index in [-0.39, 0.29) is 42.3 Å². The maximum absolute atomic E-state index is 15.2. The first-order valence-corrected chi connectivity index (χ1v) is 20.7. The van der Waals surface area contributed by atoms with Crippen molar-refractivity contribution in [1.29, 1.82) is 0 Å². The number of hydrogen-bond donors (Lipinski definition) is 3. The van der Waals surface area contributed by atoms with Crippen LogP contribution in [0, 0.1) is 11.6 Å². The molecule has 1 aliphatic carbocycles. The van der Waals surface area contributed by atoms with Crippen molar-refractivity contribution in [3.05, 3.63) is 60.3 Å². The van der Waals surface area contributed by atoms with Crippen LogP contribution in [0.3, 0.4) is 0 Å². The molecule has 1 unspecified atom stereocenters. The summed E-state index contributed by atoms with van der Waals surface area (Å²) in [5.74, 6) is -1.07. The Hall–Kier alpha value is -5.05. The molecule has 3 aromatic rings. The highest BCUT2D eigenvalue weighted by molar-refractivity contribution is 6.01. The largest absolute Gasteiger partial charge is 0.446 e. The van der Waals surface area contributed by atoms with Crippen molar-refractivity contribution in [3.63, 3.8) is 0 Å². The summed E-state index contributed by atoms with van der Waals surface area (Å²) in [4.78, 5) is 54.2. The molecule has 3 amide bonds. The van der Waals surface area contributed by atoms with Gasteiger partial charge in [0.15, 0.2) is 5.82 Å². The summed E-state index contributed by atoms with van der Waals surface area (Å²) in [6, 6.07) is 12.8. The van der Waals surface area contributed by atoms with Crippen molar-refractivity contribution in [2.45, 2.75) is 94.9 Å². The summed E-state index contributed by atoms with van der Waals surface area (Å²) >= 11 is 0. The maximum Gasteiger partial charge on any atom is 0.410 e. The highest BCUT2D eigenvalue weighted by Gasteiger charge is 2.33. The van der Waals surface area contributed by atoms with Gasteiger partial charge in [-0.1, -0.05) is 12.1 Å². The zero-order valence-electron chi connectivity index (χ0n) is 32.4. The monoisotopic (exact) mass is 785 g/mol. The molecule has 3 N–H and O–H groups in total. The molecule has 1 atom stereocenters. The lowest BCUT2D eigenvalue weighted by Crippen LogP contribution is -2.54. The normalized spacial score (nSPS) is 23.9. The molecule has 5 fully saturated rings. The Morgan fingerprint density at radius 3 is 2.30 bits per heavy atom. The molecule has 15 heteroatoms. The number of imide groups is 1. The fourth-order valence-electron chi connectivity index (χ4n) is 8.99. The van der Waals surface area contributed by atoms with Gasteiger partial charge in [0.2, 0.25) is 17.8 Å². The second kappa shape index (κ2) is 17.6. The summed E-state index contributed by atoms with van der Waals surface area (Å²) in [6.45, 7) is 6.30. The number of nitrogens with zero attached hydrogens (tertiary/aromatic N) is 6. The molecule has 2 aromatic carbocycles. The minimum atomic E-state index is -0.563.